The Bertz CT molecular complexity index is 1810. The summed E-state index contributed by atoms with van der Waals surface area (Å²) in [6.07, 6.45) is 0. The van der Waals surface area contributed by atoms with Crippen molar-refractivity contribution < 1.29 is 9.59 Å². The Balaban J connectivity index is 0.972. The highest BCUT2D eigenvalue weighted by atomic mass is 32.2. The minimum atomic E-state index is -0.112. The van der Waals surface area contributed by atoms with Gasteiger partial charge in [0.2, 0.25) is 0 Å². The maximum atomic E-state index is 12.5. The van der Waals surface area contributed by atoms with E-state index in [0.29, 0.717) is 11.1 Å². The van der Waals surface area contributed by atoms with Crippen LogP contribution in [0.15, 0.2) is 175 Å². The molecule has 47 heavy (non-hydrogen) atoms. The molecule has 2 amide bonds. The van der Waals surface area contributed by atoms with E-state index in [-0.39, 0.29) is 11.8 Å². The summed E-state index contributed by atoms with van der Waals surface area (Å²) in [5.41, 5.74) is 5.09. The number of carbonyl (C=O) groups excluding carboxylic acids is 2. The SMILES string of the molecule is Cc1ccc(C(=O)Nc2ccc(Sc3ccc(Sc4ccc(Sc5ccc(NC(=O)c6ccc(C)cc6)cc5)cc4)cc3)cc2)cc1. The predicted octanol–water partition coefficient (Wildman–Crippen LogP) is 11.3. The summed E-state index contributed by atoms with van der Waals surface area (Å²) < 4.78 is 0. The van der Waals surface area contributed by atoms with Crippen LogP contribution >= 0.6 is 35.3 Å². The summed E-state index contributed by atoms with van der Waals surface area (Å²) in [7, 11) is 0. The Hall–Kier alpha value is -4.69. The number of hydrogen-bond donors (Lipinski definition) is 2. The highest BCUT2D eigenvalue weighted by molar-refractivity contribution is 8.00. The summed E-state index contributed by atoms with van der Waals surface area (Å²) >= 11 is 5.11. The first-order valence-electron chi connectivity index (χ1n) is 15.1. The summed E-state index contributed by atoms with van der Waals surface area (Å²) in [4.78, 5) is 31.9. The maximum absolute atomic E-state index is 12.5. The standard InChI is InChI=1S/C40H32N2O2S3/c1-27-3-7-29(8-4-27)39(43)41-31-11-15-33(16-12-31)45-35-19-23-37(24-20-35)47-38-25-21-36(22-26-38)46-34-17-13-32(14-18-34)42-40(44)30-9-5-28(2)6-10-30/h3-26H,1-2H3,(H,41,43)(H,42,44). The van der Waals surface area contributed by atoms with Gasteiger partial charge in [-0.3, -0.25) is 9.59 Å². The zero-order valence-electron chi connectivity index (χ0n) is 25.9. The van der Waals surface area contributed by atoms with Crippen molar-refractivity contribution in [2.75, 3.05) is 10.6 Å². The van der Waals surface area contributed by atoms with E-state index in [0.717, 1.165) is 42.1 Å². The zero-order valence-corrected chi connectivity index (χ0v) is 28.3. The van der Waals surface area contributed by atoms with Crippen molar-refractivity contribution in [3.63, 3.8) is 0 Å². The fraction of sp³-hybridized carbons (Fsp3) is 0.0500. The fourth-order valence-electron chi connectivity index (χ4n) is 4.59. The first-order chi connectivity index (χ1) is 22.9. The average molecular weight is 669 g/mol. The molecule has 0 radical (unpaired) electrons. The van der Waals surface area contributed by atoms with Crippen molar-refractivity contribution in [1.82, 2.24) is 0 Å². The van der Waals surface area contributed by atoms with Crippen LogP contribution in [0.1, 0.15) is 31.8 Å². The maximum Gasteiger partial charge on any atom is 0.255 e. The van der Waals surface area contributed by atoms with Crippen molar-refractivity contribution in [3.8, 4) is 0 Å². The third-order valence-corrected chi connectivity index (χ3v) is 10.3. The van der Waals surface area contributed by atoms with Gasteiger partial charge in [-0.15, -0.1) is 0 Å². The number of aryl methyl sites for hydroxylation is 2. The van der Waals surface area contributed by atoms with Gasteiger partial charge in [-0.1, -0.05) is 70.7 Å². The molecule has 6 aromatic rings. The van der Waals surface area contributed by atoms with Crippen molar-refractivity contribution in [2.45, 2.75) is 43.2 Å². The van der Waals surface area contributed by atoms with Crippen molar-refractivity contribution in [1.29, 1.82) is 0 Å². The molecule has 0 aliphatic heterocycles. The lowest BCUT2D eigenvalue weighted by molar-refractivity contribution is 0.101. The second-order valence-electron chi connectivity index (χ2n) is 10.9. The summed E-state index contributed by atoms with van der Waals surface area (Å²) in [5, 5.41) is 5.93. The molecule has 232 valence electrons. The van der Waals surface area contributed by atoms with Crippen LogP contribution in [0.25, 0.3) is 0 Å². The van der Waals surface area contributed by atoms with Gasteiger partial charge < -0.3 is 10.6 Å². The molecule has 0 bridgehead atoms. The predicted molar refractivity (Wildman–Crippen MR) is 196 cm³/mol. The number of rotatable bonds is 10. The lowest BCUT2D eigenvalue weighted by atomic mass is 10.1. The van der Waals surface area contributed by atoms with Crippen LogP contribution in [0.3, 0.4) is 0 Å². The summed E-state index contributed by atoms with van der Waals surface area (Å²) in [6, 6.07) is 48.1. The fourth-order valence-corrected chi connectivity index (χ4v) is 7.04. The number of amides is 2. The molecule has 0 unspecified atom stereocenters. The molecular formula is C40H32N2O2S3. The molecule has 7 heteroatoms. The molecule has 0 aromatic heterocycles. The van der Waals surface area contributed by atoms with E-state index in [2.05, 4.69) is 59.2 Å². The number of carbonyl (C=O) groups is 2. The number of anilines is 2. The third kappa shape index (κ3) is 9.20. The number of benzene rings is 6. The van der Waals surface area contributed by atoms with Gasteiger partial charge in [0, 0.05) is 51.9 Å². The van der Waals surface area contributed by atoms with E-state index in [4.69, 9.17) is 0 Å². The van der Waals surface area contributed by atoms with Crippen LogP contribution in [-0.4, -0.2) is 11.8 Å². The zero-order chi connectivity index (χ0) is 32.6. The number of nitrogens with one attached hydrogen (secondary N) is 2. The van der Waals surface area contributed by atoms with Gasteiger partial charge in [-0.05, 0) is 135 Å². The Morgan fingerprint density at radius 1 is 0.362 bits per heavy atom. The first kappa shape index (κ1) is 32.3. The van der Waals surface area contributed by atoms with Gasteiger partial charge >= 0.3 is 0 Å². The van der Waals surface area contributed by atoms with Crippen LogP contribution in [0.5, 0.6) is 0 Å². The molecule has 0 spiro atoms. The Labute approximate surface area is 288 Å². The molecular weight excluding hydrogens is 637 g/mol. The lowest BCUT2D eigenvalue weighted by Gasteiger charge is -2.08. The molecule has 6 aromatic carbocycles. The lowest BCUT2D eigenvalue weighted by Crippen LogP contribution is -2.11. The van der Waals surface area contributed by atoms with Crippen LogP contribution in [0.4, 0.5) is 11.4 Å². The van der Waals surface area contributed by atoms with E-state index in [1.54, 1.807) is 35.3 Å². The summed E-state index contributed by atoms with van der Waals surface area (Å²) in [6.45, 7) is 4.01. The van der Waals surface area contributed by atoms with Crippen molar-refractivity contribution in [3.05, 3.63) is 168 Å². The smallest absolute Gasteiger partial charge is 0.255 e. The normalized spacial score (nSPS) is 10.8. The van der Waals surface area contributed by atoms with Gasteiger partial charge in [-0.25, -0.2) is 0 Å². The molecule has 2 N–H and O–H groups in total. The second-order valence-corrected chi connectivity index (χ2v) is 14.4. The van der Waals surface area contributed by atoms with Crippen LogP contribution < -0.4 is 10.6 Å². The van der Waals surface area contributed by atoms with Crippen molar-refractivity contribution >= 4 is 58.5 Å². The van der Waals surface area contributed by atoms with E-state index < -0.39 is 0 Å². The molecule has 0 fully saturated rings. The number of hydrogen-bond acceptors (Lipinski definition) is 5. The topological polar surface area (TPSA) is 58.2 Å². The van der Waals surface area contributed by atoms with E-state index in [1.807, 2.05) is 111 Å². The molecule has 0 saturated carbocycles. The second kappa shape index (κ2) is 15.3. The molecule has 6 rings (SSSR count). The Morgan fingerprint density at radius 2 is 0.596 bits per heavy atom. The van der Waals surface area contributed by atoms with Crippen LogP contribution in [0, 0.1) is 13.8 Å². The monoisotopic (exact) mass is 668 g/mol. The minimum Gasteiger partial charge on any atom is -0.322 e. The Morgan fingerprint density at radius 3 is 0.851 bits per heavy atom. The van der Waals surface area contributed by atoms with E-state index in [1.165, 1.54) is 9.79 Å². The average Bonchev–Trinajstić information content (AvgIpc) is 3.09. The van der Waals surface area contributed by atoms with Gasteiger partial charge in [0.25, 0.3) is 11.8 Å². The van der Waals surface area contributed by atoms with E-state index >= 15 is 0 Å². The quantitative estimate of drug-likeness (QED) is 0.152. The van der Waals surface area contributed by atoms with Crippen molar-refractivity contribution in [2.24, 2.45) is 0 Å². The third-order valence-electron chi connectivity index (χ3n) is 7.21. The van der Waals surface area contributed by atoms with Gasteiger partial charge in [-0.2, -0.15) is 0 Å². The van der Waals surface area contributed by atoms with Gasteiger partial charge in [0.1, 0.15) is 0 Å². The largest absolute Gasteiger partial charge is 0.322 e. The molecule has 0 atom stereocenters. The van der Waals surface area contributed by atoms with E-state index in [9.17, 15) is 9.59 Å². The van der Waals surface area contributed by atoms with Gasteiger partial charge in [0.05, 0.1) is 0 Å². The molecule has 4 nitrogen and oxygen atoms in total. The summed E-state index contributed by atoms with van der Waals surface area (Å²) in [5.74, 6) is -0.223. The highest BCUT2D eigenvalue weighted by Crippen LogP contribution is 2.35. The molecule has 0 heterocycles. The van der Waals surface area contributed by atoms with Gasteiger partial charge in [0.15, 0.2) is 0 Å². The minimum absolute atomic E-state index is 0.112. The molecule has 0 aliphatic rings. The van der Waals surface area contributed by atoms with Crippen LogP contribution in [-0.2, 0) is 0 Å². The highest BCUT2D eigenvalue weighted by Gasteiger charge is 2.08. The van der Waals surface area contributed by atoms with Crippen LogP contribution in [0.2, 0.25) is 0 Å². The first-order valence-corrected chi connectivity index (χ1v) is 17.5. The molecule has 0 aliphatic carbocycles. The molecule has 0 saturated heterocycles. The Kier molecular flexibility index (Phi) is 10.5.